The number of benzene rings is 1. The van der Waals surface area contributed by atoms with Crippen molar-refractivity contribution in [2.75, 3.05) is 20.1 Å². The molecule has 1 fully saturated rings. The molecule has 0 aromatic heterocycles. The first-order valence-electron chi connectivity index (χ1n) is 6.33. The molecule has 2 nitrogen and oxygen atoms in total. The summed E-state index contributed by atoms with van der Waals surface area (Å²) in [6.07, 6.45) is 2.69. The lowest BCUT2D eigenvalue weighted by Crippen LogP contribution is -2.32. The van der Waals surface area contributed by atoms with E-state index in [0.29, 0.717) is 24.8 Å². The first kappa shape index (κ1) is 13.4. The van der Waals surface area contributed by atoms with Crippen molar-refractivity contribution in [3.63, 3.8) is 0 Å². The number of hydrogen-bond donors (Lipinski definition) is 1. The second-order valence-electron chi connectivity index (χ2n) is 5.31. The van der Waals surface area contributed by atoms with Crippen molar-refractivity contribution < 1.29 is 13.9 Å². The molecule has 1 aliphatic rings. The molecule has 4 heteroatoms. The second-order valence-corrected chi connectivity index (χ2v) is 5.31. The largest absolute Gasteiger partial charge is 0.389 e. The van der Waals surface area contributed by atoms with Gasteiger partial charge < -0.3 is 10.0 Å². The molecule has 100 valence electrons. The zero-order chi connectivity index (χ0) is 13.2. The molecule has 0 bridgehead atoms. The van der Waals surface area contributed by atoms with Crippen molar-refractivity contribution >= 4 is 0 Å². The molecule has 2 rings (SSSR count). The number of likely N-dealkylation sites (tertiary alicyclic amines) is 1. The Hall–Kier alpha value is -1.00. The van der Waals surface area contributed by atoms with E-state index in [4.69, 9.17) is 0 Å². The standard InChI is InChI=1S/C14H19F2NO/c1-17-7-2-5-14(18,6-8-17)10-11-3-4-12(15)13(16)9-11/h3-4,9,18H,2,5-8,10H2,1H3. The molecule has 1 N–H and O–H groups in total. The number of rotatable bonds is 2. The van der Waals surface area contributed by atoms with Gasteiger partial charge in [0, 0.05) is 13.0 Å². The highest BCUT2D eigenvalue weighted by molar-refractivity contribution is 5.19. The molecule has 1 aliphatic heterocycles. The summed E-state index contributed by atoms with van der Waals surface area (Å²) < 4.78 is 26.0. The minimum Gasteiger partial charge on any atom is -0.389 e. The molecule has 1 heterocycles. The summed E-state index contributed by atoms with van der Waals surface area (Å²) in [6, 6.07) is 3.85. The predicted molar refractivity (Wildman–Crippen MR) is 66.4 cm³/mol. The van der Waals surface area contributed by atoms with Gasteiger partial charge in [-0.3, -0.25) is 0 Å². The van der Waals surface area contributed by atoms with Gasteiger partial charge in [-0.15, -0.1) is 0 Å². The molecular formula is C14H19F2NO. The second kappa shape index (κ2) is 5.33. The Morgan fingerprint density at radius 2 is 2.00 bits per heavy atom. The van der Waals surface area contributed by atoms with Crippen molar-refractivity contribution in [2.45, 2.75) is 31.3 Å². The first-order chi connectivity index (χ1) is 8.48. The van der Waals surface area contributed by atoms with Crippen LogP contribution in [-0.2, 0) is 6.42 Å². The Morgan fingerprint density at radius 1 is 1.22 bits per heavy atom. The van der Waals surface area contributed by atoms with Crippen LogP contribution in [0.25, 0.3) is 0 Å². The van der Waals surface area contributed by atoms with Crippen molar-refractivity contribution in [3.8, 4) is 0 Å². The number of hydrogen-bond acceptors (Lipinski definition) is 2. The van der Waals surface area contributed by atoms with E-state index in [-0.39, 0.29) is 0 Å². The van der Waals surface area contributed by atoms with Gasteiger partial charge in [-0.05, 0) is 50.6 Å². The van der Waals surface area contributed by atoms with Gasteiger partial charge in [0.25, 0.3) is 0 Å². The average Bonchev–Trinajstić information content (AvgIpc) is 2.47. The van der Waals surface area contributed by atoms with Crippen LogP contribution >= 0.6 is 0 Å². The molecule has 1 unspecified atom stereocenters. The van der Waals surface area contributed by atoms with Crippen LogP contribution in [0.1, 0.15) is 24.8 Å². The van der Waals surface area contributed by atoms with Crippen LogP contribution < -0.4 is 0 Å². The molecule has 0 radical (unpaired) electrons. The third-order valence-electron chi connectivity index (χ3n) is 3.66. The van der Waals surface area contributed by atoms with Gasteiger partial charge in [-0.2, -0.15) is 0 Å². The summed E-state index contributed by atoms with van der Waals surface area (Å²) in [4.78, 5) is 2.18. The highest BCUT2D eigenvalue weighted by Crippen LogP contribution is 2.26. The predicted octanol–water partition coefficient (Wildman–Crippen LogP) is 2.35. The highest BCUT2D eigenvalue weighted by Gasteiger charge is 2.29. The lowest BCUT2D eigenvalue weighted by molar-refractivity contribution is 0.0262. The molecule has 1 aromatic rings. The van der Waals surface area contributed by atoms with Gasteiger partial charge in [0.2, 0.25) is 0 Å². The maximum absolute atomic E-state index is 13.1. The van der Waals surface area contributed by atoms with E-state index in [1.165, 1.54) is 6.07 Å². The molecule has 1 saturated heterocycles. The monoisotopic (exact) mass is 255 g/mol. The molecule has 1 atom stereocenters. The summed E-state index contributed by atoms with van der Waals surface area (Å²) in [5, 5.41) is 10.5. The van der Waals surface area contributed by atoms with Crippen LogP contribution in [0.3, 0.4) is 0 Å². The van der Waals surface area contributed by atoms with E-state index in [1.807, 2.05) is 7.05 Å². The zero-order valence-electron chi connectivity index (χ0n) is 10.6. The average molecular weight is 255 g/mol. The van der Waals surface area contributed by atoms with Gasteiger partial charge in [0.15, 0.2) is 11.6 Å². The number of aliphatic hydroxyl groups is 1. The third-order valence-corrected chi connectivity index (χ3v) is 3.66. The zero-order valence-corrected chi connectivity index (χ0v) is 10.6. The topological polar surface area (TPSA) is 23.5 Å². The summed E-state index contributed by atoms with van der Waals surface area (Å²) in [5.41, 5.74) is -0.143. The summed E-state index contributed by atoms with van der Waals surface area (Å²) >= 11 is 0. The Labute approximate surface area is 106 Å². The fourth-order valence-electron chi connectivity index (χ4n) is 2.52. The Morgan fingerprint density at radius 3 is 2.72 bits per heavy atom. The molecular weight excluding hydrogens is 236 g/mol. The van der Waals surface area contributed by atoms with Gasteiger partial charge >= 0.3 is 0 Å². The van der Waals surface area contributed by atoms with Crippen LogP contribution in [0.2, 0.25) is 0 Å². The summed E-state index contributed by atoms with van der Waals surface area (Å²) in [5.74, 6) is -1.69. The van der Waals surface area contributed by atoms with Crippen molar-refractivity contribution in [1.29, 1.82) is 0 Å². The van der Waals surface area contributed by atoms with Crippen LogP contribution in [0.5, 0.6) is 0 Å². The van der Waals surface area contributed by atoms with Gasteiger partial charge in [-0.1, -0.05) is 6.07 Å². The molecule has 18 heavy (non-hydrogen) atoms. The number of nitrogens with zero attached hydrogens (tertiary/aromatic N) is 1. The van der Waals surface area contributed by atoms with E-state index >= 15 is 0 Å². The molecule has 0 aliphatic carbocycles. The molecule has 0 spiro atoms. The maximum Gasteiger partial charge on any atom is 0.159 e. The van der Waals surface area contributed by atoms with Gasteiger partial charge in [0.05, 0.1) is 5.60 Å². The highest BCUT2D eigenvalue weighted by atomic mass is 19.2. The van der Waals surface area contributed by atoms with Crippen molar-refractivity contribution in [3.05, 3.63) is 35.4 Å². The quantitative estimate of drug-likeness (QED) is 0.877. The Kier molecular flexibility index (Phi) is 3.97. The summed E-state index contributed by atoms with van der Waals surface area (Å²) in [7, 11) is 2.03. The summed E-state index contributed by atoms with van der Waals surface area (Å²) in [6.45, 7) is 1.81. The lowest BCUT2D eigenvalue weighted by atomic mass is 9.88. The van der Waals surface area contributed by atoms with E-state index in [2.05, 4.69) is 4.90 Å². The molecule has 0 saturated carbocycles. The molecule has 0 amide bonds. The minimum atomic E-state index is -0.846. The van der Waals surface area contributed by atoms with Crippen LogP contribution in [-0.4, -0.2) is 35.7 Å². The molecule has 1 aromatic carbocycles. The van der Waals surface area contributed by atoms with Crippen LogP contribution in [0, 0.1) is 11.6 Å². The lowest BCUT2D eigenvalue weighted by Gasteiger charge is -2.26. The van der Waals surface area contributed by atoms with E-state index in [9.17, 15) is 13.9 Å². The van der Waals surface area contributed by atoms with Crippen LogP contribution in [0.15, 0.2) is 18.2 Å². The smallest absolute Gasteiger partial charge is 0.159 e. The SMILES string of the molecule is CN1CCCC(O)(Cc2ccc(F)c(F)c2)CC1. The number of halogens is 2. The van der Waals surface area contributed by atoms with Gasteiger partial charge in [-0.25, -0.2) is 8.78 Å². The fourth-order valence-corrected chi connectivity index (χ4v) is 2.52. The Bertz CT molecular complexity index is 424. The van der Waals surface area contributed by atoms with Crippen molar-refractivity contribution in [2.24, 2.45) is 0 Å². The Balaban J connectivity index is 2.09. The maximum atomic E-state index is 13.1. The van der Waals surface area contributed by atoms with E-state index < -0.39 is 17.2 Å². The van der Waals surface area contributed by atoms with Crippen molar-refractivity contribution in [1.82, 2.24) is 4.90 Å². The van der Waals surface area contributed by atoms with Gasteiger partial charge in [0.1, 0.15) is 0 Å². The fraction of sp³-hybridized carbons (Fsp3) is 0.571. The normalized spacial score (nSPS) is 26.0. The minimum absolute atomic E-state index is 0.387. The van der Waals surface area contributed by atoms with E-state index in [1.54, 1.807) is 6.07 Å². The van der Waals surface area contributed by atoms with Crippen LogP contribution in [0.4, 0.5) is 8.78 Å². The van der Waals surface area contributed by atoms with E-state index in [0.717, 1.165) is 25.6 Å². The first-order valence-corrected chi connectivity index (χ1v) is 6.33. The third kappa shape index (κ3) is 3.27.